The topological polar surface area (TPSA) is 45.5 Å². The monoisotopic (exact) mass is 208 g/mol. The van der Waals surface area contributed by atoms with Crippen LogP contribution in [0.15, 0.2) is 17.4 Å². The molecule has 0 atom stereocenters. The molecule has 14 heavy (non-hydrogen) atoms. The van der Waals surface area contributed by atoms with Crippen LogP contribution >= 0.6 is 0 Å². The molecule has 0 amide bonds. The molecule has 0 saturated heterocycles. The molecule has 3 nitrogen and oxygen atoms in total. The van der Waals surface area contributed by atoms with E-state index in [1.165, 1.54) is 0 Å². The van der Waals surface area contributed by atoms with E-state index < -0.39 is 23.3 Å². The number of rotatable bonds is 1. The van der Waals surface area contributed by atoms with Crippen LogP contribution in [0.2, 0.25) is 0 Å². The van der Waals surface area contributed by atoms with Crippen LogP contribution in [0.3, 0.4) is 0 Å². The van der Waals surface area contributed by atoms with Crippen molar-refractivity contribution in [3.8, 4) is 0 Å². The van der Waals surface area contributed by atoms with Gasteiger partial charge in [-0.25, -0.2) is 9.37 Å². The van der Waals surface area contributed by atoms with Crippen molar-refractivity contribution in [2.45, 2.75) is 6.18 Å². The fourth-order valence-corrected chi connectivity index (χ4v) is 0.818. The minimum Gasteiger partial charge on any atom is -0.411 e. The van der Waals surface area contributed by atoms with E-state index in [2.05, 4.69) is 10.1 Å². The standard InChI is InChI=1S/C7H4F4N2O/c8-5-4(3-13-14)1-2-12-6(5)7(9,10)11/h1-3,14H. The smallest absolute Gasteiger partial charge is 0.411 e. The molecule has 0 aromatic carbocycles. The number of aromatic nitrogens is 1. The van der Waals surface area contributed by atoms with Gasteiger partial charge in [-0.05, 0) is 6.07 Å². The average molecular weight is 208 g/mol. The van der Waals surface area contributed by atoms with Crippen molar-refractivity contribution in [3.05, 3.63) is 29.3 Å². The zero-order valence-electron chi connectivity index (χ0n) is 6.59. The highest BCUT2D eigenvalue weighted by molar-refractivity contribution is 5.79. The second-order valence-corrected chi connectivity index (χ2v) is 2.31. The third kappa shape index (κ3) is 1.98. The lowest BCUT2D eigenvalue weighted by Gasteiger charge is -2.07. The van der Waals surface area contributed by atoms with E-state index in [9.17, 15) is 17.6 Å². The summed E-state index contributed by atoms with van der Waals surface area (Å²) in [5, 5.41) is 10.5. The van der Waals surface area contributed by atoms with Crippen LogP contribution in [-0.2, 0) is 6.18 Å². The molecule has 0 saturated carbocycles. The van der Waals surface area contributed by atoms with Gasteiger partial charge in [0.2, 0.25) is 0 Å². The predicted molar refractivity (Wildman–Crippen MR) is 38.6 cm³/mol. The molecule has 1 rings (SSSR count). The van der Waals surface area contributed by atoms with Crippen LogP contribution in [0.25, 0.3) is 0 Å². The first-order chi connectivity index (χ1) is 6.46. The van der Waals surface area contributed by atoms with E-state index in [1.54, 1.807) is 0 Å². The first-order valence-corrected chi connectivity index (χ1v) is 3.36. The predicted octanol–water partition coefficient (Wildman–Crippen LogP) is 2.05. The molecule has 1 aromatic rings. The lowest BCUT2D eigenvalue weighted by Crippen LogP contribution is -2.12. The lowest BCUT2D eigenvalue weighted by molar-refractivity contribution is -0.143. The first-order valence-electron chi connectivity index (χ1n) is 3.36. The highest BCUT2D eigenvalue weighted by Crippen LogP contribution is 2.30. The Balaban J connectivity index is 3.28. The van der Waals surface area contributed by atoms with Gasteiger partial charge in [-0.1, -0.05) is 5.16 Å². The molecular formula is C7H4F4N2O. The third-order valence-electron chi connectivity index (χ3n) is 1.38. The number of alkyl halides is 3. The summed E-state index contributed by atoms with van der Waals surface area (Å²) in [6, 6.07) is 0.963. The highest BCUT2D eigenvalue weighted by Gasteiger charge is 2.36. The molecule has 76 valence electrons. The number of oxime groups is 1. The number of hydrogen-bond donors (Lipinski definition) is 1. The Hall–Kier alpha value is -1.66. The molecule has 0 aliphatic carbocycles. The molecule has 0 aliphatic rings. The summed E-state index contributed by atoms with van der Waals surface area (Å²) in [4.78, 5) is 2.85. The maximum absolute atomic E-state index is 13.0. The van der Waals surface area contributed by atoms with E-state index in [-0.39, 0.29) is 0 Å². The molecule has 0 spiro atoms. The SMILES string of the molecule is ON=Cc1ccnc(C(F)(F)F)c1F. The number of halogens is 4. The summed E-state index contributed by atoms with van der Waals surface area (Å²) < 4.78 is 49.1. The van der Waals surface area contributed by atoms with Crippen LogP contribution in [0.4, 0.5) is 17.6 Å². The third-order valence-corrected chi connectivity index (χ3v) is 1.38. The van der Waals surface area contributed by atoms with Gasteiger partial charge >= 0.3 is 6.18 Å². The summed E-state index contributed by atoms with van der Waals surface area (Å²) >= 11 is 0. The van der Waals surface area contributed by atoms with Crippen LogP contribution in [0, 0.1) is 5.82 Å². The molecule has 1 N–H and O–H groups in total. The zero-order chi connectivity index (χ0) is 10.8. The Morgan fingerprint density at radius 1 is 1.43 bits per heavy atom. The van der Waals surface area contributed by atoms with E-state index in [0.717, 1.165) is 12.3 Å². The largest absolute Gasteiger partial charge is 0.436 e. The molecule has 1 heterocycles. The summed E-state index contributed by atoms with van der Waals surface area (Å²) in [7, 11) is 0. The van der Waals surface area contributed by atoms with Crippen molar-refractivity contribution in [2.75, 3.05) is 0 Å². The van der Waals surface area contributed by atoms with Gasteiger partial charge in [0.25, 0.3) is 0 Å². The average Bonchev–Trinajstić information content (AvgIpc) is 2.07. The zero-order valence-corrected chi connectivity index (χ0v) is 6.59. The van der Waals surface area contributed by atoms with E-state index >= 15 is 0 Å². The minimum atomic E-state index is -4.86. The Bertz CT molecular complexity index is 361. The number of pyridine rings is 1. The van der Waals surface area contributed by atoms with Crippen LogP contribution < -0.4 is 0 Å². The fraction of sp³-hybridized carbons (Fsp3) is 0.143. The van der Waals surface area contributed by atoms with Crippen LogP contribution in [0.5, 0.6) is 0 Å². The summed E-state index contributed by atoms with van der Waals surface area (Å²) in [5.74, 6) is -1.56. The van der Waals surface area contributed by atoms with Gasteiger partial charge in [0.05, 0.1) is 6.21 Å². The Labute approximate surface area is 75.7 Å². The van der Waals surface area contributed by atoms with Crippen molar-refractivity contribution in [1.29, 1.82) is 0 Å². The van der Waals surface area contributed by atoms with Gasteiger partial charge in [0, 0.05) is 11.8 Å². The van der Waals surface area contributed by atoms with Crippen molar-refractivity contribution in [2.24, 2.45) is 5.16 Å². The van der Waals surface area contributed by atoms with Gasteiger partial charge in [-0.15, -0.1) is 0 Å². The van der Waals surface area contributed by atoms with Gasteiger partial charge in [-0.2, -0.15) is 13.2 Å². The summed E-state index contributed by atoms with van der Waals surface area (Å²) in [6.45, 7) is 0. The van der Waals surface area contributed by atoms with Gasteiger partial charge in [-0.3, -0.25) is 0 Å². The molecular weight excluding hydrogens is 204 g/mol. The van der Waals surface area contributed by atoms with Gasteiger partial charge in [0.15, 0.2) is 11.5 Å². The highest BCUT2D eigenvalue weighted by atomic mass is 19.4. The molecule has 1 aromatic heterocycles. The molecule has 0 fully saturated rings. The van der Waals surface area contributed by atoms with E-state index in [0.29, 0.717) is 6.21 Å². The van der Waals surface area contributed by atoms with Crippen LogP contribution in [-0.4, -0.2) is 16.4 Å². The second kappa shape index (κ2) is 3.60. The molecule has 0 radical (unpaired) electrons. The first kappa shape index (κ1) is 10.4. The normalized spacial score (nSPS) is 12.3. The Kier molecular flexibility index (Phi) is 2.68. The summed E-state index contributed by atoms with van der Waals surface area (Å²) in [5.41, 5.74) is -2.11. The second-order valence-electron chi connectivity index (χ2n) is 2.31. The van der Waals surface area contributed by atoms with E-state index in [4.69, 9.17) is 5.21 Å². The summed E-state index contributed by atoms with van der Waals surface area (Å²) in [6.07, 6.45) is -3.52. The molecule has 0 unspecified atom stereocenters. The maximum atomic E-state index is 13.0. The lowest BCUT2D eigenvalue weighted by atomic mass is 10.2. The quantitative estimate of drug-likeness (QED) is 0.332. The van der Waals surface area contributed by atoms with E-state index in [1.807, 2.05) is 0 Å². The number of hydrogen-bond acceptors (Lipinski definition) is 3. The Morgan fingerprint density at radius 3 is 2.57 bits per heavy atom. The van der Waals surface area contributed by atoms with Gasteiger partial charge < -0.3 is 5.21 Å². The fourth-order valence-electron chi connectivity index (χ4n) is 0.818. The van der Waals surface area contributed by atoms with Crippen molar-refractivity contribution < 1.29 is 22.8 Å². The van der Waals surface area contributed by atoms with Crippen LogP contribution in [0.1, 0.15) is 11.3 Å². The van der Waals surface area contributed by atoms with Crippen molar-refractivity contribution >= 4 is 6.21 Å². The van der Waals surface area contributed by atoms with Gasteiger partial charge in [0.1, 0.15) is 0 Å². The molecule has 0 bridgehead atoms. The molecule has 7 heteroatoms. The van der Waals surface area contributed by atoms with Crippen molar-refractivity contribution in [3.63, 3.8) is 0 Å². The van der Waals surface area contributed by atoms with Crippen molar-refractivity contribution in [1.82, 2.24) is 4.98 Å². The molecule has 0 aliphatic heterocycles. The Morgan fingerprint density at radius 2 is 2.07 bits per heavy atom. The number of nitrogens with zero attached hydrogens (tertiary/aromatic N) is 2. The maximum Gasteiger partial charge on any atom is 0.436 e. The minimum absolute atomic E-state index is 0.477.